The normalized spacial score (nSPS) is 10.8. The van der Waals surface area contributed by atoms with Gasteiger partial charge in [0.15, 0.2) is 0 Å². The first-order chi connectivity index (χ1) is 9.50. The number of nitrogens with zero attached hydrogens (tertiary/aromatic N) is 2. The van der Waals surface area contributed by atoms with Crippen molar-refractivity contribution >= 4 is 23.1 Å². The van der Waals surface area contributed by atoms with Crippen LogP contribution in [0.15, 0.2) is 47.6 Å². The first kappa shape index (κ1) is 14.2. The molecule has 0 saturated carbocycles. The van der Waals surface area contributed by atoms with Gasteiger partial charge < -0.3 is 4.74 Å². The average molecular weight is 296 g/mol. The summed E-state index contributed by atoms with van der Waals surface area (Å²) in [6.07, 6.45) is -3.00. The van der Waals surface area contributed by atoms with Crippen molar-refractivity contribution in [2.24, 2.45) is 4.99 Å². The summed E-state index contributed by atoms with van der Waals surface area (Å²) in [4.78, 5) is 7.63. The van der Waals surface area contributed by atoms with Gasteiger partial charge >= 0.3 is 6.18 Å². The number of ether oxygens (including phenoxy) is 1. The lowest BCUT2D eigenvalue weighted by Gasteiger charge is -2.10. The Morgan fingerprint density at radius 3 is 2.70 bits per heavy atom. The number of hydrogen-bond acceptors (Lipinski definition) is 4. The Bertz CT molecular complexity index is 667. The van der Waals surface area contributed by atoms with Gasteiger partial charge in [-0.3, -0.25) is 0 Å². The molecule has 3 nitrogen and oxygen atoms in total. The lowest BCUT2D eigenvalue weighted by atomic mass is 10.2. The molecule has 7 heteroatoms. The Hall–Kier alpha value is -2.24. The summed E-state index contributed by atoms with van der Waals surface area (Å²) < 4.78 is 43.1. The number of rotatable bonds is 3. The topological polar surface area (TPSA) is 34.5 Å². The second kappa shape index (κ2) is 5.81. The molecule has 102 valence electrons. The Labute approximate surface area is 117 Å². The van der Waals surface area contributed by atoms with Crippen LogP contribution in [0.4, 0.5) is 18.9 Å². The van der Waals surface area contributed by atoms with Gasteiger partial charge in [0.25, 0.3) is 0 Å². The fraction of sp³-hybridized carbons (Fsp3) is 0.0769. The molecule has 0 N–H and O–H groups in total. The van der Waals surface area contributed by atoms with E-state index in [1.807, 2.05) is 0 Å². The molecular weight excluding hydrogens is 289 g/mol. The second-order valence-corrected chi connectivity index (χ2v) is 3.84. The molecule has 0 aliphatic rings. The third-order valence-corrected chi connectivity index (χ3v) is 2.38. The average Bonchev–Trinajstić information content (AvgIpc) is 2.41. The molecular formula is C13H7F3N2OS. The summed E-state index contributed by atoms with van der Waals surface area (Å²) in [5, 5.41) is 2.15. The third kappa shape index (κ3) is 3.40. The third-order valence-electron chi connectivity index (χ3n) is 2.29. The maximum atomic E-state index is 12.6. The van der Waals surface area contributed by atoms with E-state index in [1.54, 1.807) is 12.1 Å². The molecule has 0 spiro atoms. The van der Waals surface area contributed by atoms with Crippen molar-refractivity contribution in [2.45, 2.75) is 6.18 Å². The maximum absolute atomic E-state index is 12.6. The molecule has 0 bridgehead atoms. The number of halogens is 3. The number of isothiocyanates is 1. The predicted molar refractivity (Wildman–Crippen MR) is 70.4 cm³/mol. The van der Waals surface area contributed by atoms with Crippen LogP contribution in [0.1, 0.15) is 5.56 Å². The summed E-state index contributed by atoms with van der Waals surface area (Å²) in [6.45, 7) is 0. The first-order valence-corrected chi connectivity index (χ1v) is 5.79. The van der Waals surface area contributed by atoms with E-state index in [0.717, 1.165) is 12.1 Å². The Morgan fingerprint density at radius 2 is 2.00 bits per heavy atom. The van der Waals surface area contributed by atoms with Crippen LogP contribution in [-0.2, 0) is 6.18 Å². The molecule has 1 aromatic carbocycles. The zero-order valence-corrected chi connectivity index (χ0v) is 10.7. The van der Waals surface area contributed by atoms with Crippen LogP contribution in [0.3, 0.4) is 0 Å². The number of aromatic nitrogens is 1. The monoisotopic (exact) mass is 296 g/mol. The summed E-state index contributed by atoms with van der Waals surface area (Å²) in [5.74, 6) is 0.0727. The van der Waals surface area contributed by atoms with E-state index < -0.39 is 11.7 Å². The van der Waals surface area contributed by atoms with Crippen molar-refractivity contribution in [3.05, 3.63) is 48.2 Å². The Kier molecular flexibility index (Phi) is 4.12. The van der Waals surface area contributed by atoms with E-state index >= 15 is 0 Å². The van der Waals surface area contributed by atoms with Crippen molar-refractivity contribution in [1.82, 2.24) is 4.98 Å². The van der Waals surface area contributed by atoms with Crippen LogP contribution in [0, 0.1) is 0 Å². The molecule has 0 fully saturated rings. The van der Waals surface area contributed by atoms with E-state index in [2.05, 4.69) is 27.4 Å². The minimum Gasteiger partial charge on any atom is -0.437 e. The fourth-order valence-electron chi connectivity index (χ4n) is 1.44. The lowest BCUT2D eigenvalue weighted by Crippen LogP contribution is -2.04. The van der Waals surface area contributed by atoms with Crippen LogP contribution in [-0.4, -0.2) is 10.1 Å². The molecule has 0 radical (unpaired) electrons. The molecule has 0 aliphatic carbocycles. The lowest BCUT2D eigenvalue weighted by molar-refractivity contribution is -0.137. The van der Waals surface area contributed by atoms with Crippen LogP contribution < -0.4 is 4.74 Å². The number of alkyl halides is 3. The SMILES string of the molecule is FC(F)(F)c1cccc(Oc2ncccc2N=C=S)c1. The van der Waals surface area contributed by atoms with Crippen molar-refractivity contribution in [3.8, 4) is 11.6 Å². The molecule has 0 atom stereocenters. The van der Waals surface area contributed by atoms with Crippen molar-refractivity contribution < 1.29 is 17.9 Å². The van der Waals surface area contributed by atoms with Crippen molar-refractivity contribution in [3.63, 3.8) is 0 Å². The van der Waals surface area contributed by atoms with Gasteiger partial charge in [-0.25, -0.2) is 4.98 Å². The van der Waals surface area contributed by atoms with Gasteiger partial charge in [-0.05, 0) is 42.5 Å². The highest BCUT2D eigenvalue weighted by Gasteiger charge is 2.30. The van der Waals surface area contributed by atoms with Gasteiger partial charge in [0, 0.05) is 6.20 Å². The summed E-state index contributed by atoms with van der Waals surface area (Å²) in [6, 6.07) is 7.67. The van der Waals surface area contributed by atoms with Gasteiger partial charge in [-0.1, -0.05) is 6.07 Å². The molecule has 0 aliphatic heterocycles. The number of benzene rings is 1. The second-order valence-electron chi connectivity index (χ2n) is 3.66. The first-order valence-electron chi connectivity index (χ1n) is 5.39. The smallest absolute Gasteiger partial charge is 0.416 e. The number of pyridine rings is 1. The van der Waals surface area contributed by atoms with Gasteiger partial charge in [-0.15, -0.1) is 0 Å². The fourth-order valence-corrected chi connectivity index (χ4v) is 1.54. The zero-order chi connectivity index (χ0) is 14.6. The van der Waals surface area contributed by atoms with Gasteiger partial charge in [0.2, 0.25) is 5.88 Å². The number of aliphatic imine (C=N–C) groups is 1. The molecule has 0 saturated heterocycles. The predicted octanol–water partition coefficient (Wildman–Crippen LogP) is 4.63. The van der Waals surface area contributed by atoms with Gasteiger partial charge in [0.1, 0.15) is 11.4 Å². The maximum Gasteiger partial charge on any atom is 0.416 e. The van der Waals surface area contributed by atoms with Crippen LogP contribution in [0.25, 0.3) is 0 Å². The highest BCUT2D eigenvalue weighted by molar-refractivity contribution is 7.78. The summed E-state index contributed by atoms with van der Waals surface area (Å²) in [7, 11) is 0. The van der Waals surface area contributed by atoms with E-state index in [4.69, 9.17) is 4.74 Å². The quantitative estimate of drug-likeness (QED) is 0.612. The Morgan fingerprint density at radius 1 is 1.20 bits per heavy atom. The largest absolute Gasteiger partial charge is 0.437 e. The van der Waals surface area contributed by atoms with Crippen molar-refractivity contribution in [1.29, 1.82) is 0 Å². The minimum atomic E-state index is -4.43. The molecule has 2 aromatic rings. The molecule has 2 rings (SSSR count). The highest BCUT2D eigenvalue weighted by Crippen LogP contribution is 2.34. The molecule has 0 unspecified atom stereocenters. The number of hydrogen-bond donors (Lipinski definition) is 0. The molecule has 20 heavy (non-hydrogen) atoms. The summed E-state index contributed by atoms with van der Waals surface area (Å²) in [5.41, 5.74) is -0.509. The zero-order valence-electron chi connectivity index (χ0n) is 9.89. The molecule has 1 heterocycles. The minimum absolute atomic E-state index is 0.0133. The van der Waals surface area contributed by atoms with Gasteiger partial charge in [-0.2, -0.15) is 18.2 Å². The van der Waals surface area contributed by atoms with Gasteiger partial charge in [0.05, 0.1) is 10.7 Å². The van der Waals surface area contributed by atoms with E-state index in [1.165, 1.54) is 18.3 Å². The van der Waals surface area contributed by atoms with Crippen molar-refractivity contribution in [2.75, 3.05) is 0 Å². The van der Waals surface area contributed by atoms with E-state index in [0.29, 0.717) is 5.69 Å². The molecule has 0 amide bonds. The highest BCUT2D eigenvalue weighted by atomic mass is 32.1. The van der Waals surface area contributed by atoms with E-state index in [-0.39, 0.29) is 11.6 Å². The standard InChI is InChI=1S/C13H7F3N2OS/c14-13(15,16)9-3-1-4-10(7-9)19-12-11(18-8-20)5-2-6-17-12/h1-7H. The molecule has 1 aromatic heterocycles. The van der Waals surface area contributed by atoms with E-state index in [9.17, 15) is 13.2 Å². The van der Waals surface area contributed by atoms with Crippen LogP contribution in [0.5, 0.6) is 11.6 Å². The number of thiocarbonyl (C=S) groups is 1. The Balaban J connectivity index is 2.33. The van der Waals surface area contributed by atoms with Crippen LogP contribution >= 0.6 is 12.2 Å². The summed E-state index contributed by atoms with van der Waals surface area (Å²) >= 11 is 4.48. The van der Waals surface area contributed by atoms with Crippen LogP contribution in [0.2, 0.25) is 0 Å².